The number of fused-ring (bicyclic) bond motifs is 8. The maximum absolute atomic E-state index is 6.88. The van der Waals surface area contributed by atoms with Crippen LogP contribution in [-0.2, 0) is 0 Å². The molecule has 5 heteroatoms. The molecule has 58 heavy (non-hydrogen) atoms. The molecule has 9 aromatic carbocycles. The molecule has 0 aliphatic carbocycles. The summed E-state index contributed by atoms with van der Waals surface area (Å²) in [6.07, 6.45) is 0. The van der Waals surface area contributed by atoms with Gasteiger partial charge >= 0.3 is 0 Å². The summed E-state index contributed by atoms with van der Waals surface area (Å²) in [4.78, 5) is 15.4. The third-order valence-electron chi connectivity index (χ3n) is 11.4. The van der Waals surface area contributed by atoms with Gasteiger partial charge in [-0.1, -0.05) is 152 Å². The van der Waals surface area contributed by atoms with E-state index in [1.807, 2.05) is 48.5 Å². The number of nitrogens with zero attached hydrogens (tertiary/aromatic N) is 4. The Morgan fingerprint density at radius 1 is 0.362 bits per heavy atom. The summed E-state index contributed by atoms with van der Waals surface area (Å²) in [5.41, 5.74) is 9.74. The molecule has 0 N–H and O–H groups in total. The van der Waals surface area contributed by atoms with Gasteiger partial charge in [0.1, 0.15) is 11.2 Å². The first-order valence-corrected chi connectivity index (χ1v) is 19.5. The van der Waals surface area contributed by atoms with Crippen molar-refractivity contribution in [2.24, 2.45) is 0 Å². The first-order chi connectivity index (χ1) is 28.7. The van der Waals surface area contributed by atoms with Crippen LogP contribution in [0.25, 0.3) is 116 Å². The molecule has 0 aliphatic heterocycles. The number of benzene rings is 9. The smallest absolute Gasteiger partial charge is 0.167 e. The normalized spacial score (nSPS) is 11.8. The topological polar surface area (TPSA) is 56.7 Å². The highest BCUT2D eigenvalue weighted by Crippen LogP contribution is 2.43. The molecule has 0 atom stereocenters. The van der Waals surface area contributed by atoms with Gasteiger partial charge in [0, 0.05) is 27.3 Å². The molecule has 3 aromatic heterocycles. The van der Waals surface area contributed by atoms with Gasteiger partial charge in [0.05, 0.1) is 27.7 Å². The van der Waals surface area contributed by atoms with E-state index < -0.39 is 0 Å². The Kier molecular flexibility index (Phi) is 7.16. The molecule has 12 aromatic rings. The van der Waals surface area contributed by atoms with Crippen molar-refractivity contribution in [3.63, 3.8) is 0 Å². The summed E-state index contributed by atoms with van der Waals surface area (Å²) in [6, 6.07) is 68.1. The lowest BCUT2D eigenvalue weighted by Crippen LogP contribution is -2.01. The molecule has 3 heterocycles. The standard InChI is InChI=1S/C53H32N4O/c1-3-13-33(14-4-1)34-23-25-36(26-24-34)52-54-51(35-15-5-2-6-16-35)55-53(56-52)42-27-28-45(49-41-21-11-12-22-48(41)58-50(42)49)57-46-31-39-19-9-7-17-37(39)29-43(46)44-30-38-18-8-10-20-40(38)32-47(44)57/h1-32H. The number of hydrogen-bond acceptors (Lipinski definition) is 4. The predicted octanol–water partition coefficient (Wildman–Crippen LogP) is 13.8. The van der Waals surface area contributed by atoms with Crippen molar-refractivity contribution < 1.29 is 4.42 Å². The first-order valence-electron chi connectivity index (χ1n) is 19.5. The molecule has 0 spiro atoms. The fourth-order valence-corrected chi connectivity index (χ4v) is 8.60. The number of furan rings is 1. The van der Waals surface area contributed by atoms with Crippen molar-refractivity contribution in [3.8, 4) is 51.0 Å². The van der Waals surface area contributed by atoms with Crippen molar-refractivity contribution in [1.82, 2.24) is 19.5 Å². The molecule has 0 amide bonds. The van der Waals surface area contributed by atoms with Crippen LogP contribution in [0.15, 0.2) is 199 Å². The van der Waals surface area contributed by atoms with E-state index in [1.54, 1.807) is 0 Å². The van der Waals surface area contributed by atoms with E-state index >= 15 is 0 Å². The van der Waals surface area contributed by atoms with Crippen LogP contribution in [0.4, 0.5) is 0 Å². The van der Waals surface area contributed by atoms with Crippen LogP contribution in [0.3, 0.4) is 0 Å². The molecular formula is C53H32N4O. The summed E-state index contributed by atoms with van der Waals surface area (Å²) in [5.74, 6) is 1.74. The Balaban J connectivity index is 1.13. The molecule has 270 valence electrons. The van der Waals surface area contributed by atoms with Gasteiger partial charge in [-0.3, -0.25) is 0 Å². The Morgan fingerprint density at radius 3 is 1.45 bits per heavy atom. The zero-order valence-corrected chi connectivity index (χ0v) is 31.2. The van der Waals surface area contributed by atoms with Crippen LogP contribution in [0.2, 0.25) is 0 Å². The van der Waals surface area contributed by atoms with Crippen molar-refractivity contribution in [2.75, 3.05) is 0 Å². The van der Waals surface area contributed by atoms with Crippen molar-refractivity contribution in [3.05, 3.63) is 194 Å². The molecule has 0 unspecified atom stereocenters. The minimum absolute atomic E-state index is 0.547. The van der Waals surface area contributed by atoms with Gasteiger partial charge in [0.2, 0.25) is 0 Å². The fraction of sp³-hybridized carbons (Fsp3) is 0. The second kappa shape index (κ2) is 12.8. The van der Waals surface area contributed by atoms with E-state index in [1.165, 1.54) is 32.3 Å². The monoisotopic (exact) mass is 740 g/mol. The Hall–Kier alpha value is -7.89. The maximum Gasteiger partial charge on any atom is 0.167 e. The minimum Gasteiger partial charge on any atom is -0.455 e. The van der Waals surface area contributed by atoms with Crippen LogP contribution >= 0.6 is 0 Å². The van der Waals surface area contributed by atoms with Crippen LogP contribution in [0, 0.1) is 0 Å². The van der Waals surface area contributed by atoms with E-state index in [-0.39, 0.29) is 0 Å². The molecule has 0 aliphatic rings. The molecule has 0 bridgehead atoms. The van der Waals surface area contributed by atoms with E-state index in [0.29, 0.717) is 17.5 Å². The van der Waals surface area contributed by atoms with Crippen LogP contribution in [-0.4, -0.2) is 19.5 Å². The van der Waals surface area contributed by atoms with Crippen LogP contribution in [0.5, 0.6) is 0 Å². The molecule has 0 saturated carbocycles. The van der Waals surface area contributed by atoms with Crippen molar-refractivity contribution in [2.45, 2.75) is 0 Å². The average Bonchev–Trinajstić information content (AvgIpc) is 3.83. The first kappa shape index (κ1) is 32.4. The van der Waals surface area contributed by atoms with Gasteiger partial charge in [-0.2, -0.15) is 0 Å². The minimum atomic E-state index is 0.547. The Bertz CT molecular complexity index is 3460. The second-order valence-electron chi connectivity index (χ2n) is 14.8. The SMILES string of the molecule is c1ccc(-c2ccc(-c3nc(-c4ccccc4)nc(-c4ccc(-n5c6cc7ccccc7cc6c6cc7ccccc7cc65)c5c4oc4ccccc45)n3)cc2)cc1. The zero-order chi connectivity index (χ0) is 38.2. The average molecular weight is 741 g/mol. The summed E-state index contributed by atoms with van der Waals surface area (Å²) in [7, 11) is 0. The van der Waals surface area contributed by atoms with Crippen molar-refractivity contribution >= 4 is 65.3 Å². The highest BCUT2D eigenvalue weighted by atomic mass is 16.3. The lowest BCUT2D eigenvalue weighted by Gasteiger charge is -2.13. The summed E-state index contributed by atoms with van der Waals surface area (Å²) in [5, 5.41) is 9.25. The third-order valence-corrected chi connectivity index (χ3v) is 11.4. The van der Waals surface area contributed by atoms with Gasteiger partial charge in [-0.25, -0.2) is 15.0 Å². The van der Waals surface area contributed by atoms with E-state index in [4.69, 9.17) is 19.4 Å². The van der Waals surface area contributed by atoms with E-state index in [0.717, 1.165) is 66.5 Å². The number of aromatic nitrogens is 4. The maximum atomic E-state index is 6.88. The highest BCUT2D eigenvalue weighted by Gasteiger charge is 2.23. The number of hydrogen-bond donors (Lipinski definition) is 0. The summed E-state index contributed by atoms with van der Waals surface area (Å²) < 4.78 is 9.30. The largest absolute Gasteiger partial charge is 0.455 e. The van der Waals surface area contributed by atoms with Gasteiger partial charge in [0.25, 0.3) is 0 Å². The second-order valence-corrected chi connectivity index (χ2v) is 14.8. The van der Waals surface area contributed by atoms with Gasteiger partial charge < -0.3 is 8.98 Å². The number of rotatable bonds is 5. The Labute approximate surface area is 333 Å². The van der Waals surface area contributed by atoms with E-state index in [2.05, 4.69) is 150 Å². The van der Waals surface area contributed by atoms with Gasteiger partial charge in [-0.05, 0) is 75.1 Å². The van der Waals surface area contributed by atoms with Gasteiger partial charge in [-0.15, -0.1) is 0 Å². The van der Waals surface area contributed by atoms with E-state index in [9.17, 15) is 0 Å². The van der Waals surface area contributed by atoms with Crippen LogP contribution < -0.4 is 0 Å². The zero-order valence-electron chi connectivity index (χ0n) is 31.2. The highest BCUT2D eigenvalue weighted by molar-refractivity contribution is 6.20. The fourth-order valence-electron chi connectivity index (χ4n) is 8.60. The van der Waals surface area contributed by atoms with Crippen molar-refractivity contribution in [1.29, 1.82) is 0 Å². The molecule has 0 fully saturated rings. The molecule has 5 nitrogen and oxygen atoms in total. The summed E-state index contributed by atoms with van der Waals surface area (Å²) in [6.45, 7) is 0. The summed E-state index contributed by atoms with van der Waals surface area (Å²) >= 11 is 0. The lowest BCUT2D eigenvalue weighted by atomic mass is 10.0. The van der Waals surface area contributed by atoms with Crippen LogP contribution in [0.1, 0.15) is 0 Å². The molecule has 0 radical (unpaired) electrons. The molecule has 12 rings (SSSR count). The lowest BCUT2D eigenvalue weighted by molar-refractivity contribution is 0.669. The number of para-hydroxylation sites is 1. The molecule has 0 saturated heterocycles. The Morgan fingerprint density at radius 2 is 0.828 bits per heavy atom. The molecular weight excluding hydrogens is 709 g/mol. The third kappa shape index (κ3) is 5.14. The quantitative estimate of drug-likeness (QED) is 0.176. The van der Waals surface area contributed by atoms with Gasteiger partial charge in [0.15, 0.2) is 17.5 Å². The predicted molar refractivity (Wildman–Crippen MR) is 238 cm³/mol.